The van der Waals surface area contributed by atoms with Crippen LogP contribution in [0.4, 0.5) is 10.5 Å². The zero-order valence-corrected chi connectivity index (χ0v) is 17.4. The first-order chi connectivity index (χ1) is 14.9. The molecule has 0 saturated carbocycles. The molecule has 0 radical (unpaired) electrons. The molecule has 4 rings (SSSR count). The van der Waals surface area contributed by atoms with Crippen molar-refractivity contribution in [2.45, 2.75) is 6.92 Å². The van der Waals surface area contributed by atoms with Gasteiger partial charge >= 0.3 is 12.0 Å². The molecule has 0 unspecified atom stereocenters. The number of imide groups is 1. The van der Waals surface area contributed by atoms with Gasteiger partial charge in [-0.25, -0.2) is 14.5 Å². The van der Waals surface area contributed by atoms with Gasteiger partial charge in [0.25, 0.3) is 5.91 Å². The Balaban J connectivity index is 1.59. The number of esters is 1. The average Bonchev–Trinajstić information content (AvgIpc) is 3.32. The molecule has 0 aliphatic carbocycles. The Labute approximate surface area is 182 Å². The number of nitrogens with zero attached hydrogens (tertiary/aromatic N) is 1. The van der Waals surface area contributed by atoms with E-state index in [2.05, 4.69) is 5.32 Å². The number of furan rings is 1. The van der Waals surface area contributed by atoms with Crippen LogP contribution in [0, 0.1) is 6.92 Å². The molecule has 3 amide bonds. The number of nitrogens with one attached hydrogen (secondary N) is 1. The minimum atomic E-state index is -0.556. The van der Waals surface area contributed by atoms with Crippen molar-refractivity contribution in [3.63, 3.8) is 0 Å². The number of hydrogen-bond donors (Lipinski definition) is 1. The van der Waals surface area contributed by atoms with E-state index in [-0.39, 0.29) is 5.70 Å². The summed E-state index contributed by atoms with van der Waals surface area (Å²) in [6, 6.07) is 14.4. The molecule has 156 valence electrons. The first-order valence-corrected chi connectivity index (χ1v) is 9.67. The summed E-state index contributed by atoms with van der Waals surface area (Å²) in [5, 5.41) is 3.06. The van der Waals surface area contributed by atoms with Crippen LogP contribution in [0.3, 0.4) is 0 Å². The Morgan fingerprint density at radius 1 is 1.10 bits per heavy atom. The Kier molecular flexibility index (Phi) is 5.35. The SMILES string of the molecule is COC(=O)c1ccc(-c2ccc(/C=C3/NC(=O)N(c4ccc(Cl)cc4)C3=O)o2)c(C)c1. The first kappa shape index (κ1) is 20.4. The fourth-order valence-electron chi connectivity index (χ4n) is 3.26. The van der Waals surface area contributed by atoms with Gasteiger partial charge in [0, 0.05) is 16.7 Å². The monoisotopic (exact) mass is 436 g/mol. The molecular weight excluding hydrogens is 420 g/mol. The van der Waals surface area contributed by atoms with Crippen LogP contribution in [0.15, 0.2) is 64.7 Å². The molecule has 2 aromatic carbocycles. The summed E-state index contributed by atoms with van der Waals surface area (Å²) >= 11 is 5.87. The number of ether oxygens (including phenoxy) is 1. The number of carbonyl (C=O) groups is 3. The van der Waals surface area contributed by atoms with Gasteiger partial charge in [0.1, 0.15) is 17.2 Å². The first-order valence-electron chi connectivity index (χ1n) is 9.29. The standard InChI is InChI=1S/C23H17ClN2O5/c1-13-11-14(22(28)30-2)3-9-18(13)20-10-8-17(31-20)12-19-21(27)26(23(29)25-19)16-6-4-15(24)5-7-16/h3-12H,1-2H3,(H,25,29)/b19-12+. The van der Waals surface area contributed by atoms with Crippen LogP contribution < -0.4 is 10.2 Å². The zero-order valence-electron chi connectivity index (χ0n) is 16.6. The predicted molar refractivity (Wildman–Crippen MR) is 116 cm³/mol. The lowest BCUT2D eigenvalue weighted by atomic mass is 10.0. The molecule has 1 fully saturated rings. The summed E-state index contributed by atoms with van der Waals surface area (Å²) in [6.45, 7) is 1.85. The average molecular weight is 437 g/mol. The van der Waals surface area contributed by atoms with Crippen LogP contribution >= 0.6 is 11.6 Å². The molecule has 8 heteroatoms. The molecule has 1 saturated heterocycles. The van der Waals surface area contributed by atoms with Crippen LogP contribution in [0.1, 0.15) is 21.7 Å². The van der Waals surface area contributed by atoms with E-state index < -0.39 is 17.9 Å². The molecule has 0 spiro atoms. The molecular formula is C23H17ClN2O5. The lowest BCUT2D eigenvalue weighted by Gasteiger charge is -2.11. The number of benzene rings is 2. The van der Waals surface area contributed by atoms with E-state index in [1.807, 2.05) is 6.92 Å². The van der Waals surface area contributed by atoms with Crippen molar-refractivity contribution >= 4 is 41.3 Å². The summed E-state index contributed by atoms with van der Waals surface area (Å²) in [5.74, 6) is 0.0456. The number of anilines is 1. The van der Waals surface area contributed by atoms with Crippen molar-refractivity contribution in [1.29, 1.82) is 0 Å². The normalized spacial score (nSPS) is 14.8. The van der Waals surface area contributed by atoms with E-state index in [9.17, 15) is 14.4 Å². The number of aryl methyl sites for hydroxylation is 1. The quantitative estimate of drug-likeness (QED) is 0.361. The smallest absolute Gasteiger partial charge is 0.337 e. The van der Waals surface area contributed by atoms with E-state index in [0.29, 0.717) is 27.8 Å². The predicted octanol–water partition coefficient (Wildman–Crippen LogP) is 4.79. The summed E-state index contributed by atoms with van der Waals surface area (Å²) < 4.78 is 10.6. The van der Waals surface area contributed by atoms with Crippen molar-refractivity contribution in [2.24, 2.45) is 0 Å². The summed E-state index contributed by atoms with van der Waals surface area (Å²) in [4.78, 5) is 37.7. The van der Waals surface area contributed by atoms with Crippen molar-refractivity contribution in [3.8, 4) is 11.3 Å². The van der Waals surface area contributed by atoms with E-state index in [0.717, 1.165) is 16.0 Å². The van der Waals surface area contributed by atoms with E-state index in [1.165, 1.54) is 13.2 Å². The van der Waals surface area contributed by atoms with Crippen LogP contribution in [0.25, 0.3) is 17.4 Å². The Bertz CT molecular complexity index is 1230. The van der Waals surface area contributed by atoms with Crippen molar-refractivity contribution in [3.05, 3.63) is 82.2 Å². The molecule has 1 N–H and O–H groups in total. The number of hydrogen-bond acceptors (Lipinski definition) is 5. The van der Waals surface area contributed by atoms with Crippen LogP contribution in [-0.4, -0.2) is 25.0 Å². The Morgan fingerprint density at radius 3 is 2.52 bits per heavy atom. The van der Waals surface area contributed by atoms with Crippen LogP contribution in [0.2, 0.25) is 5.02 Å². The third-order valence-electron chi connectivity index (χ3n) is 4.79. The summed E-state index contributed by atoms with van der Waals surface area (Å²) in [7, 11) is 1.33. The summed E-state index contributed by atoms with van der Waals surface area (Å²) in [6.07, 6.45) is 1.47. The molecule has 0 atom stereocenters. The molecule has 1 aromatic heterocycles. The highest BCUT2D eigenvalue weighted by Gasteiger charge is 2.35. The zero-order chi connectivity index (χ0) is 22.1. The van der Waals surface area contributed by atoms with Crippen molar-refractivity contribution < 1.29 is 23.5 Å². The molecule has 31 heavy (non-hydrogen) atoms. The van der Waals surface area contributed by atoms with Crippen molar-refractivity contribution in [1.82, 2.24) is 5.32 Å². The van der Waals surface area contributed by atoms with Gasteiger partial charge in [0.2, 0.25) is 0 Å². The fraction of sp³-hybridized carbons (Fsp3) is 0.0870. The third kappa shape index (κ3) is 3.95. The highest BCUT2D eigenvalue weighted by Crippen LogP contribution is 2.29. The molecule has 0 bridgehead atoms. The number of methoxy groups -OCH3 is 1. The fourth-order valence-corrected chi connectivity index (χ4v) is 3.39. The maximum atomic E-state index is 12.7. The van der Waals surface area contributed by atoms with Gasteiger partial charge in [0.15, 0.2) is 0 Å². The number of halogens is 1. The molecule has 1 aliphatic rings. The van der Waals surface area contributed by atoms with Gasteiger partial charge in [-0.2, -0.15) is 0 Å². The summed E-state index contributed by atoms with van der Waals surface area (Å²) in [5.41, 5.74) is 2.58. The third-order valence-corrected chi connectivity index (χ3v) is 5.04. The lowest BCUT2D eigenvalue weighted by Crippen LogP contribution is -2.30. The molecule has 1 aliphatic heterocycles. The maximum Gasteiger partial charge on any atom is 0.337 e. The van der Waals surface area contributed by atoms with Crippen LogP contribution in [0.5, 0.6) is 0 Å². The lowest BCUT2D eigenvalue weighted by molar-refractivity contribution is -0.113. The number of carbonyl (C=O) groups excluding carboxylic acids is 3. The van der Waals surface area contributed by atoms with E-state index in [4.69, 9.17) is 20.8 Å². The Morgan fingerprint density at radius 2 is 1.84 bits per heavy atom. The highest BCUT2D eigenvalue weighted by atomic mass is 35.5. The number of rotatable bonds is 4. The van der Waals surface area contributed by atoms with Gasteiger partial charge in [-0.3, -0.25) is 4.79 Å². The van der Waals surface area contributed by atoms with E-state index in [1.54, 1.807) is 54.6 Å². The van der Waals surface area contributed by atoms with Gasteiger partial charge in [-0.15, -0.1) is 0 Å². The van der Waals surface area contributed by atoms with Gasteiger partial charge < -0.3 is 14.5 Å². The van der Waals surface area contributed by atoms with Gasteiger partial charge in [0.05, 0.1) is 18.4 Å². The van der Waals surface area contributed by atoms with Crippen molar-refractivity contribution in [2.75, 3.05) is 12.0 Å². The van der Waals surface area contributed by atoms with Gasteiger partial charge in [-0.1, -0.05) is 17.7 Å². The molecule has 3 aromatic rings. The van der Waals surface area contributed by atoms with Crippen LogP contribution in [-0.2, 0) is 9.53 Å². The second-order valence-electron chi connectivity index (χ2n) is 6.83. The molecule has 7 nitrogen and oxygen atoms in total. The van der Waals surface area contributed by atoms with Gasteiger partial charge in [-0.05, 0) is 61.0 Å². The Hall–Kier alpha value is -3.84. The highest BCUT2D eigenvalue weighted by molar-refractivity contribution is 6.31. The number of urea groups is 1. The molecule has 2 heterocycles. The number of amides is 3. The topological polar surface area (TPSA) is 88.9 Å². The second-order valence-corrected chi connectivity index (χ2v) is 7.26. The second kappa shape index (κ2) is 8.12. The van der Waals surface area contributed by atoms with E-state index >= 15 is 0 Å². The minimum absolute atomic E-state index is 0.0959. The minimum Gasteiger partial charge on any atom is -0.465 e. The largest absolute Gasteiger partial charge is 0.465 e. The maximum absolute atomic E-state index is 12.7.